The average Bonchev–Trinajstić information content (AvgIpc) is 2.83. The van der Waals surface area contributed by atoms with E-state index in [0.29, 0.717) is 64.5 Å². The number of hydrogen-bond donors (Lipinski definition) is 4. The van der Waals surface area contributed by atoms with Gasteiger partial charge in [0.2, 0.25) is 5.91 Å². The van der Waals surface area contributed by atoms with Gasteiger partial charge in [-0.3, -0.25) is 19.6 Å². The molecule has 1 aromatic heterocycles. The van der Waals surface area contributed by atoms with Gasteiger partial charge in [-0.15, -0.1) is 12.4 Å². The molecular weight excluding hydrogens is 512 g/mol. The fourth-order valence-corrected chi connectivity index (χ4v) is 4.72. The van der Waals surface area contributed by atoms with Gasteiger partial charge in [-0.05, 0) is 50.6 Å². The van der Waals surface area contributed by atoms with Gasteiger partial charge < -0.3 is 26.4 Å². The minimum Gasteiger partial charge on any atom is -0.387 e. The summed E-state index contributed by atoms with van der Waals surface area (Å²) in [5.41, 5.74) is 11.0. The standard InChI is InChI=1S/C25H36N8O4.ClH/c1-24(2,27)21(34)31-11-13-32(14-12-31)22(35)28-20-7-10-33(23(36)29-20)19-5-3-18(4-6-19)15-30-16-25(37,17-30)8-9-26;/h3-7,10,37H,8-9,11-17,26-27H2,1-2H3,(H,28,29,35,36);1H. The molecule has 1 aromatic carbocycles. The van der Waals surface area contributed by atoms with E-state index >= 15 is 0 Å². The van der Waals surface area contributed by atoms with Gasteiger partial charge in [-0.1, -0.05) is 12.1 Å². The Kier molecular flexibility index (Phi) is 9.16. The number of nitrogens with two attached hydrogens (primary N) is 2. The van der Waals surface area contributed by atoms with E-state index in [-0.39, 0.29) is 30.2 Å². The molecule has 2 aromatic rings. The van der Waals surface area contributed by atoms with Gasteiger partial charge in [-0.2, -0.15) is 4.98 Å². The number of piperazine rings is 1. The van der Waals surface area contributed by atoms with Crippen LogP contribution in [-0.4, -0.2) is 98.2 Å². The maximum atomic E-state index is 12.7. The first kappa shape index (κ1) is 29.5. The van der Waals surface area contributed by atoms with Crippen molar-refractivity contribution in [2.24, 2.45) is 11.5 Å². The van der Waals surface area contributed by atoms with E-state index in [4.69, 9.17) is 11.5 Å². The van der Waals surface area contributed by atoms with Crippen LogP contribution in [0.5, 0.6) is 0 Å². The lowest BCUT2D eigenvalue weighted by molar-refractivity contribution is -0.137. The molecule has 13 heteroatoms. The topological polar surface area (TPSA) is 163 Å². The molecule has 3 amide bonds. The third-order valence-electron chi connectivity index (χ3n) is 6.71. The summed E-state index contributed by atoms with van der Waals surface area (Å²) in [5, 5.41) is 12.9. The molecule has 0 unspecified atom stereocenters. The number of aliphatic hydroxyl groups is 1. The summed E-state index contributed by atoms with van der Waals surface area (Å²) in [6, 6.07) is 8.75. The number of carbonyl (C=O) groups excluding carboxylic acids is 2. The highest BCUT2D eigenvalue weighted by Gasteiger charge is 2.39. The monoisotopic (exact) mass is 548 g/mol. The van der Waals surface area contributed by atoms with E-state index in [1.165, 1.54) is 4.57 Å². The fourth-order valence-electron chi connectivity index (χ4n) is 4.72. The zero-order valence-electron chi connectivity index (χ0n) is 21.8. The van der Waals surface area contributed by atoms with Gasteiger partial charge in [0.1, 0.15) is 5.82 Å². The van der Waals surface area contributed by atoms with Crippen molar-refractivity contribution in [3.63, 3.8) is 0 Å². The molecular formula is C25H37ClN8O4. The van der Waals surface area contributed by atoms with E-state index in [9.17, 15) is 19.5 Å². The molecule has 2 aliphatic rings. The summed E-state index contributed by atoms with van der Waals surface area (Å²) in [6.07, 6.45) is 2.17. The number of likely N-dealkylation sites (tertiary alicyclic amines) is 1. The molecule has 2 aliphatic heterocycles. The van der Waals surface area contributed by atoms with Gasteiger partial charge in [0, 0.05) is 52.0 Å². The van der Waals surface area contributed by atoms with Crippen LogP contribution in [-0.2, 0) is 11.3 Å². The number of aromatic nitrogens is 2. The number of benzene rings is 1. The maximum Gasteiger partial charge on any atom is 0.354 e. The summed E-state index contributed by atoms with van der Waals surface area (Å²) in [7, 11) is 0. The second-order valence-corrected chi connectivity index (χ2v) is 10.5. The fraction of sp³-hybridized carbons (Fsp3) is 0.520. The Morgan fingerprint density at radius 1 is 1.08 bits per heavy atom. The van der Waals surface area contributed by atoms with Crippen molar-refractivity contribution in [2.75, 3.05) is 51.1 Å². The lowest BCUT2D eigenvalue weighted by atomic mass is 9.90. The highest BCUT2D eigenvalue weighted by molar-refractivity contribution is 5.89. The van der Waals surface area contributed by atoms with Crippen molar-refractivity contribution >= 4 is 30.2 Å². The van der Waals surface area contributed by atoms with Crippen LogP contribution in [0.3, 0.4) is 0 Å². The normalized spacial score (nSPS) is 17.4. The number of hydrogen-bond acceptors (Lipinski definition) is 8. The van der Waals surface area contributed by atoms with E-state index in [1.807, 2.05) is 24.3 Å². The lowest BCUT2D eigenvalue weighted by Crippen LogP contribution is -2.61. The molecule has 0 bridgehead atoms. The van der Waals surface area contributed by atoms with Crippen LogP contribution in [0.15, 0.2) is 41.3 Å². The molecule has 4 rings (SSSR count). The quantitative estimate of drug-likeness (QED) is 0.374. The van der Waals surface area contributed by atoms with Gasteiger partial charge in [0.05, 0.1) is 16.8 Å². The van der Waals surface area contributed by atoms with Crippen LogP contribution in [0.2, 0.25) is 0 Å². The van der Waals surface area contributed by atoms with Crippen LogP contribution >= 0.6 is 12.4 Å². The number of halogens is 1. The minimum absolute atomic E-state index is 0. The Morgan fingerprint density at radius 2 is 1.68 bits per heavy atom. The Hall–Kier alpha value is -3.03. The van der Waals surface area contributed by atoms with Gasteiger partial charge >= 0.3 is 11.7 Å². The molecule has 208 valence electrons. The average molecular weight is 549 g/mol. The number of β-amino-alcohol motifs (C(OH)–C–C–N with tert-alkyl or cyclic N) is 1. The predicted molar refractivity (Wildman–Crippen MR) is 146 cm³/mol. The number of carbonyl (C=O) groups is 2. The summed E-state index contributed by atoms with van der Waals surface area (Å²) in [6.45, 7) is 7.21. The number of rotatable bonds is 7. The van der Waals surface area contributed by atoms with Crippen molar-refractivity contribution in [1.29, 1.82) is 0 Å². The zero-order valence-corrected chi connectivity index (χ0v) is 22.6. The SMILES string of the molecule is CC(C)(N)C(=O)N1CCN(C(=O)Nc2ccn(-c3ccc(CN4CC(O)(CCN)C4)cc3)c(=O)n2)CC1.Cl. The van der Waals surface area contributed by atoms with E-state index in [0.717, 1.165) is 5.56 Å². The Bertz CT molecular complexity index is 1180. The minimum atomic E-state index is -0.954. The molecule has 0 atom stereocenters. The molecule has 2 saturated heterocycles. The summed E-state index contributed by atoms with van der Waals surface area (Å²) in [4.78, 5) is 47.0. The molecule has 38 heavy (non-hydrogen) atoms. The highest BCUT2D eigenvalue weighted by atomic mass is 35.5. The van der Waals surface area contributed by atoms with Crippen LogP contribution in [0, 0.1) is 0 Å². The first-order chi connectivity index (χ1) is 17.5. The van der Waals surface area contributed by atoms with E-state index in [1.54, 1.807) is 35.9 Å². The van der Waals surface area contributed by atoms with Crippen molar-refractivity contribution < 1.29 is 14.7 Å². The van der Waals surface area contributed by atoms with E-state index < -0.39 is 16.8 Å². The largest absolute Gasteiger partial charge is 0.387 e. The molecule has 0 spiro atoms. The molecule has 0 aliphatic carbocycles. The van der Waals surface area contributed by atoms with Crippen LogP contribution < -0.4 is 22.5 Å². The first-order valence-electron chi connectivity index (χ1n) is 12.5. The third kappa shape index (κ3) is 6.88. The van der Waals surface area contributed by atoms with Crippen molar-refractivity contribution in [3.05, 3.63) is 52.6 Å². The Balaban J connectivity index is 0.00000400. The zero-order chi connectivity index (χ0) is 26.8. The van der Waals surface area contributed by atoms with Crippen LogP contribution in [0.4, 0.5) is 10.6 Å². The molecule has 0 radical (unpaired) electrons. The number of urea groups is 1. The number of amides is 3. The third-order valence-corrected chi connectivity index (χ3v) is 6.71. The lowest BCUT2D eigenvalue weighted by Gasteiger charge is -2.46. The summed E-state index contributed by atoms with van der Waals surface area (Å²) >= 11 is 0. The maximum absolute atomic E-state index is 12.7. The van der Waals surface area contributed by atoms with Crippen molar-refractivity contribution in [3.8, 4) is 5.69 Å². The Labute approximate surface area is 228 Å². The molecule has 12 nitrogen and oxygen atoms in total. The molecule has 2 fully saturated rings. The summed E-state index contributed by atoms with van der Waals surface area (Å²) in [5.74, 6) is 0.00771. The second-order valence-electron chi connectivity index (χ2n) is 10.5. The highest BCUT2D eigenvalue weighted by Crippen LogP contribution is 2.25. The smallest absolute Gasteiger partial charge is 0.354 e. The number of nitrogens with one attached hydrogen (secondary N) is 1. The number of anilines is 1. The van der Waals surface area contributed by atoms with Gasteiger partial charge in [0.15, 0.2) is 0 Å². The first-order valence-corrected chi connectivity index (χ1v) is 12.5. The predicted octanol–water partition coefficient (Wildman–Crippen LogP) is -0.0368. The van der Waals surface area contributed by atoms with Gasteiger partial charge in [0.25, 0.3) is 0 Å². The van der Waals surface area contributed by atoms with E-state index in [2.05, 4.69) is 15.2 Å². The van der Waals surface area contributed by atoms with Crippen molar-refractivity contribution in [1.82, 2.24) is 24.3 Å². The van der Waals surface area contributed by atoms with Crippen molar-refractivity contribution in [2.45, 2.75) is 38.0 Å². The Morgan fingerprint density at radius 3 is 2.24 bits per heavy atom. The molecule has 6 N–H and O–H groups in total. The second kappa shape index (κ2) is 11.8. The molecule has 3 heterocycles. The summed E-state index contributed by atoms with van der Waals surface area (Å²) < 4.78 is 1.40. The van der Waals surface area contributed by atoms with Crippen LogP contribution in [0.25, 0.3) is 5.69 Å². The van der Waals surface area contributed by atoms with Crippen LogP contribution in [0.1, 0.15) is 25.8 Å². The van der Waals surface area contributed by atoms with Gasteiger partial charge in [-0.25, -0.2) is 9.59 Å². The molecule has 0 saturated carbocycles. The number of nitrogens with zero attached hydrogens (tertiary/aromatic N) is 5.